The Kier molecular flexibility index (Phi) is 17.6. The first-order valence-corrected chi connectivity index (χ1v) is 3.45. The smallest absolute Gasteiger partial charge is 0.540 e. The number of rotatable bonds is 0. The van der Waals surface area contributed by atoms with Gasteiger partial charge in [-0.25, -0.2) is 0 Å². The summed E-state index contributed by atoms with van der Waals surface area (Å²) in [7, 11) is 0. The third kappa shape index (κ3) is 31.3. The molecule has 12 nitrogen and oxygen atoms in total. The number of amides is 3. The molecule has 0 bridgehead atoms. The van der Waals surface area contributed by atoms with Crippen LogP contribution in [0.4, 0.5) is 0 Å². The van der Waals surface area contributed by atoms with E-state index < -0.39 is 35.6 Å². The minimum Gasteiger partial charge on any atom is -0.540 e. The van der Waals surface area contributed by atoms with E-state index in [1.54, 1.807) is 0 Å². The third-order valence-electron chi connectivity index (χ3n) is 0.604. The molecule has 0 fully saturated rings. The van der Waals surface area contributed by atoms with Gasteiger partial charge in [-0.1, -0.05) is 0 Å². The Bertz CT molecular complexity index is 287. The normalized spacial score (nSPS) is 6.95. The summed E-state index contributed by atoms with van der Waals surface area (Å²) >= 11 is 0. The monoisotopic (exact) mass is 295 g/mol. The number of hydrogen-bond acceptors (Lipinski definition) is 9. The zero-order valence-electron chi connectivity index (χ0n) is 8.85. The fourth-order valence-electron chi connectivity index (χ4n) is 0. The van der Waals surface area contributed by atoms with Crippen LogP contribution in [0.5, 0.6) is 0 Å². The van der Waals surface area contributed by atoms with Crippen molar-refractivity contribution in [3.05, 3.63) is 0 Å². The van der Waals surface area contributed by atoms with Crippen molar-refractivity contribution in [2.75, 3.05) is 0 Å². The Morgan fingerprint density at radius 1 is 0.526 bits per heavy atom. The van der Waals surface area contributed by atoms with Crippen LogP contribution in [-0.4, -0.2) is 35.6 Å². The van der Waals surface area contributed by atoms with E-state index in [1.807, 2.05) is 0 Å². The summed E-state index contributed by atoms with van der Waals surface area (Å²) in [4.78, 5) is 55.1. The van der Waals surface area contributed by atoms with Crippen molar-refractivity contribution in [3.8, 4) is 0 Å². The first-order valence-electron chi connectivity index (χ1n) is 3.45. The Morgan fingerprint density at radius 3 is 0.579 bits per heavy atom. The predicted molar refractivity (Wildman–Crippen MR) is 49.5 cm³/mol. The Morgan fingerprint density at radius 2 is 0.579 bits per heavy atom. The van der Waals surface area contributed by atoms with Crippen LogP contribution in [0.15, 0.2) is 0 Å². The molecule has 0 spiro atoms. The SMILES string of the molecule is NC(=O)C(=O)[O-].NC(=O)C(=O)[O-].NC(=O)C(=O)[O-].[P+3]. The number of carboxylic acid groups (broad SMARTS) is 3. The number of carboxylic acids is 3. The van der Waals surface area contributed by atoms with Gasteiger partial charge in [-0.2, -0.15) is 0 Å². The van der Waals surface area contributed by atoms with E-state index in [4.69, 9.17) is 29.7 Å². The van der Waals surface area contributed by atoms with Gasteiger partial charge in [-0.05, 0) is 0 Å². The minimum atomic E-state index is -1.85. The number of primary amides is 3. The minimum absolute atomic E-state index is 0. The fourth-order valence-corrected chi connectivity index (χ4v) is 0. The van der Waals surface area contributed by atoms with Crippen LogP contribution in [0.3, 0.4) is 0 Å². The maximum absolute atomic E-state index is 9.26. The van der Waals surface area contributed by atoms with E-state index in [-0.39, 0.29) is 9.90 Å². The molecule has 0 rings (SSSR count). The summed E-state index contributed by atoms with van der Waals surface area (Å²) < 4.78 is 0. The molecule has 6 N–H and O–H groups in total. The second kappa shape index (κ2) is 13.3. The van der Waals surface area contributed by atoms with Gasteiger partial charge in [0, 0.05) is 0 Å². The van der Waals surface area contributed by atoms with Crippen LogP contribution >= 0.6 is 9.90 Å². The molecule has 2 radical (unpaired) electrons. The van der Waals surface area contributed by atoms with Crippen LogP contribution in [0.25, 0.3) is 0 Å². The molecule has 0 saturated carbocycles. The number of nitrogens with two attached hydrogens (primary N) is 3. The van der Waals surface area contributed by atoms with Crippen LogP contribution < -0.4 is 32.5 Å². The molecular weight excluding hydrogens is 289 g/mol. The van der Waals surface area contributed by atoms with Gasteiger partial charge in [-0.3, -0.25) is 14.4 Å². The Labute approximate surface area is 108 Å². The van der Waals surface area contributed by atoms with E-state index in [0.717, 1.165) is 0 Å². The van der Waals surface area contributed by atoms with Gasteiger partial charge in [0.1, 0.15) is 17.9 Å². The number of hydrogen-bond donors (Lipinski definition) is 3. The largest absolute Gasteiger partial charge is 3.00 e. The number of aliphatic carboxylic acids is 3. The third-order valence-corrected chi connectivity index (χ3v) is 0.604. The van der Waals surface area contributed by atoms with E-state index >= 15 is 0 Å². The van der Waals surface area contributed by atoms with Crippen LogP contribution in [0, 0.1) is 0 Å². The summed E-state index contributed by atoms with van der Waals surface area (Å²) in [5.41, 5.74) is 12.4. The summed E-state index contributed by atoms with van der Waals surface area (Å²) in [5, 5.41) is 27.3. The first-order chi connectivity index (χ1) is 7.93. The van der Waals surface area contributed by atoms with E-state index in [1.165, 1.54) is 0 Å². The Hall–Kier alpha value is -2.75. The van der Waals surface area contributed by atoms with Gasteiger partial charge in [0.25, 0.3) is 17.7 Å². The standard InChI is InChI=1S/3C2H3NO3.P/c3*3-1(4)2(5)6;/h3*(H2,3,4)(H,5,6);/q;;;+3/p-3. The molecule has 104 valence electrons. The van der Waals surface area contributed by atoms with Gasteiger partial charge < -0.3 is 46.9 Å². The van der Waals surface area contributed by atoms with Crippen molar-refractivity contribution in [2.24, 2.45) is 17.2 Å². The second-order valence-corrected chi connectivity index (χ2v) is 1.96. The molecule has 0 aliphatic rings. The van der Waals surface area contributed by atoms with E-state index in [2.05, 4.69) is 17.2 Å². The van der Waals surface area contributed by atoms with Crippen molar-refractivity contribution in [3.63, 3.8) is 0 Å². The van der Waals surface area contributed by atoms with Crippen LogP contribution in [0.1, 0.15) is 0 Å². The molecule has 0 unspecified atom stereocenters. The van der Waals surface area contributed by atoms with Crippen LogP contribution in [0.2, 0.25) is 0 Å². The molecule has 0 aliphatic carbocycles. The molecule has 0 heterocycles. The zero-order valence-corrected chi connectivity index (χ0v) is 9.75. The van der Waals surface area contributed by atoms with Gasteiger partial charge in [-0.15, -0.1) is 0 Å². The van der Waals surface area contributed by atoms with Crippen molar-refractivity contribution in [2.45, 2.75) is 0 Å². The molecule has 3 amide bonds. The maximum atomic E-state index is 9.26. The summed E-state index contributed by atoms with van der Waals surface area (Å²) in [5.74, 6) is -9.86. The summed E-state index contributed by atoms with van der Waals surface area (Å²) in [6.45, 7) is 0. The molecule has 0 atom stereocenters. The summed E-state index contributed by atoms with van der Waals surface area (Å²) in [6, 6.07) is 0. The number of carbonyl (C=O) groups is 6. The van der Waals surface area contributed by atoms with Gasteiger partial charge in [0.2, 0.25) is 0 Å². The Balaban J connectivity index is -0.0000000865. The molecule has 0 aromatic rings. The van der Waals surface area contributed by atoms with Gasteiger partial charge >= 0.3 is 9.90 Å². The average Bonchev–Trinajstić information content (AvgIpc) is 2.18. The molecule has 19 heavy (non-hydrogen) atoms. The molecular formula is C6H6N3O9P. The molecule has 0 aliphatic heterocycles. The topological polar surface area (TPSA) is 250 Å². The maximum Gasteiger partial charge on any atom is 3.00 e. The molecule has 0 saturated heterocycles. The van der Waals surface area contributed by atoms with E-state index in [0.29, 0.717) is 0 Å². The number of carbonyl (C=O) groups excluding carboxylic acids is 6. The first kappa shape index (κ1) is 25.2. The van der Waals surface area contributed by atoms with Crippen molar-refractivity contribution >= 4 is 45.5 Å². The second-order valence-electron chi connectivity index (χ2n) is 1.96. The van der Waals surface area contributed by atoms with Crippen molar-refractivity contribution in [1.29, 1.82) is 0 Å². The predicted octanol–water partition coefficient (Wildman–Crippen LogP) is -7.47. The quantitative estimate of drug-likeness (QED) is 0.283. The fraction of sp³-hybridized carbons (Fsp3) is 0. The molecule has 0 aromatic carbocycles. The van der Waals surface area contributed by atoms with Gasteiger partial charge in [0.15, 0.2) is 0 Å². The van der Waals surface area contributed by atoms with Crippen molar-refractivity contribution in [1.82, 2.24) is 0 Å². The van der Waals surface area contributed by atoms with E-state index in [9.17, 15) is 14.4 Å². The summed E-state index contributed by atoms with van der Waals surface area (Å²) in [6.07, 6.45) is 0. The molecule has 13 heteroatoms. The average molecular weight is 295 g/mol. The van der Waals surface area contributed by atoms with Crippen molar-refractivity contribution < 1.29 is 44.1 Å². The van der Waals surface area contributed by atoms with Crippen LogP contribution in [-0.2, 0) is 28.8 Å². The molecule has 0 aromatic heterocycles. The zero-order chi connectivity index (χ0) is 15.5. The van der Waals surface area contributed by atoms with Gasteiger partial charge in [0.05, 0.1) is 0 Å².